The van der Waals surface area contributed by atoms with Crippen LogP contribution in [0.15, 0.2) is 11.6 Å². The molecule has 0 radical (unpaired) electrons. The smallest absolute Gasteiger partial charge is 0.303 e. The Kier molecular flexibility index (Phi) is 4.38. The van der Waals surface area contributed by atoms with Crippen molar-refractivity contribution in [3.05, 3.63) is 11.6 Å². The number of ether oxygens (including phenoxy) is 1. The molecule has 0 bridgehead atoms. The van der Waals surface area contributed by atoms with E-state index in [0.717, 1.165) is 36.2 Å². The molecule has 5 aliphatic rings. The van der Waals surface area contributed by atoms with Crippen LogP contribution in [0.1, 0.15) is 72.1 Å². The van der Waals surface area contributed by atoms with Gasteiger partial charge < -0.3 is 10.1 Å². The van der Waals surface area contributed by atoms with Gasteiger partial charge in [-0.1, -0.05) is 19.9 Å². The maximum atomic E-state index is 12.8. The van der Waals surface area contributed by atoms with Crippen LogP contribution < -0.4 is 5.32 Å². The zero-order valence-electron chi connectivity index (χ0n) is 18.6. The van der Waals surface area contributed by atoms with Crippen molar-refractivity contribution in [2.45, 2.75) is 78.2 Å². The van der Waals surface area contributed by atoms with E-state index < -0.39 is 0 Å². The van der Waals surface area contributed by atoms with Crippen LogP contribution >= 0.6 is 0 Å². The monoisotopic (exact) mass is 399 g/mol. The molecule has 0 saturated heterocycles. The van der Waals surface area contributed by atoms with Gasteiger partial charge in [-0.3, -0.25) is 9.59 Å². The second-order valence-electron chi connectivity index (χ2n) is 11.2. The van der Waals surface area contributed by atoms with E-state index in [1.54, 1.807) is 0 Å². The molecule has 2 spiro atoms. The highest BCUT2D eigenvalue weighted by Gasteiger charge is 2.78. The third-order valence-corrected chi connectivity index (χ3v) is 10.5. The third kappa shape index (κ3) is 2.47. The molecule has 0 heterocycles. The van der Waals surface area contributed by atoms with Gasteiger partial charge in [0.2, 0.25) is 0 Å². The zero-order chi connectivity index (χ0) is 20.6. The number of ketones is 1. The van der Waals surface area contributed by atoms with E-state index in [4.69, 9.17) is 4.74 Å². The molecule has 5 rings (SSSR count). The summed E-state index contributed by atoms with van der Waals surface area (Å²) >= 11 is 0. The molecule has 8 unspecified atom stereocenters. The van der Waals surface area contributed by atoms with Crippen LogP contribution in [0.5, 0.6) is 0 Å². The number of hydrogen-bond acceptors (Lipinski definition) is 4. The largest absolute Gasteiger partial charge is 0.457 e. The average molecular weight is 400 g/mol. The van der Waals surface area contributed by atoms with Gasteiger partial charge in [0.05, 0.1) is 0 Å². The summed E-state index contributed by atoms with van der Waals surface area (Å²) in [6.07, 6.45) is 12.5. The quantitative estimate of drug-likeness (QED) is 0.717. The van der Waals surface area contributed by atoms with E-state index >= 15 is 0 Å². The first-order valence-corrected chi connectivity index (χ1v) is 11.8. The van der Waals surface area contributed by atoms with Gasteiger partial charge in [0.25, 0.3) is 0 Å². The van der Waals surface area contributed by atoms with Gasteiger partial charge >= 0.3 is 5.97 Å². The van der Waals surface area contributed by atoms with Gasteiger partial charge in [-0.2, -0.15) is 0 Å². The summed E-state index contributed by atoms with van der Waals surface area (Å²) in [7, 11) is 2.14. The van der Waals surface area contributed by atoms with Crippen LogP contribution in [0.4, 0.5) is 0 Å². The van der Waals surface area contributed by atoms with Gasteiger partial charge in [0, 0.05) is 18.5 Å². The number of rotatable bonds is 4. The van der Waals surface area contributed by atoms with Crippen LogP contribution in [0.25, 0.3) is 0 Å². The maximum Gasteiger partial charge on any atom is 0.303 e. The number of carbonyl (C=O) groups excluding carboxylic acids is 2. The normalized spacial score (nSPS) is 49.8. The minimum atomic E-state index is -0.370. The van der Waals surface area contributed by atoms with Crippen LogP contribution in [0.2, 0.25) is 0 Å². The highest BCUT2D eigenvalue weighted by Crippen LogP contribution is 2.85. The van der Waals surface area contributed by atoms with Gasteiger partial charge in [0.15, 0.2) is 12.4 Å². The Morgan fingerprint density at radius 3 is 2.55 bits per heavy atom. The molecule has 1 N–H and O–H groups in total. The number of Topliss-reactive ketones (excluding diaryl/α,β-unsaturated/α-hetero) is 1. The van der Waals surface area contributed by atoms with E-state index in [-0.39, 0.29) is 23.8 Å². The molecular weight excluding hydrogens is 362 g/mol. The van der Waals surface area contributed by atoms with Gasteiger partial charge in [-0.05, 0) is 98.3 Å². The molecule has 4 fully saturated rings. The van der Waals surface area contributed by atoms with Crippen LogP contribution in [0, 0.1) is 39.9 Å². The fourth-order valence-electron chi connectivity index (χ4n) is 9.22. The molecule has 0 aromatic heterocycles. The molecule has 0 aromatic carbocycles. The summed E-state index contributed by atoms with van der Waals surface area (Å²) in [4.78, 5) is 24.0. The first-order chi connectivity index (χ1) is 13.8. The molecule has 0 aliphatic heterocycles. The van der Waals surface area contributed by atoms with Crippen molar-refractivity contribution in [3.8, 4) is 0 Å². The summed E-state index contributed by atoms with van der Waals surface area (Å²) in [6, 6.07) is 0.687. The second-order valence-corrected chi connectivity index (χ2v) is 11.2. The number of fused-ring (bicyclic) bond motifs is 2. The summed E-state index contributed by atoms with van der Waals surface area (Å²) in [6.45, 7) is 6.11. The van der Waals surface area contributed by atoms with Crippen molar-refractivity contribution in [2.24, 2.45) is 39.9 Å². The molecule has 5 aliphatic carbocycles. The number of hydrogen-bond donors (Lipinski definition) is 1. The van der Waals surface area contributed by atoms with Crippen molar-refractivity contribution in [3.63, 3.8) is 0 Å². The highest BCUT2D eigenvalue weighted by molar-refractivity contribution is 5.99. The molecule has 8 atom stereocenters. The Hall–Kier alpha value is -1.16. The third-order valence-electron chi connectivity index (χ3n) is 10.5. The summed E-state index contributed by atoms with van der Waals surface area (Å²) in [5.74, 6) is 2.70. The van der Waals surface area contributed by atoms with Crippen molar-refractivity contribution in [2.75, 3.05) is 13.7 Å². The first-order valence-electron chi connectivity index (χ1n) is 11.8. The Labute approximate surface area is 175 Å². The minimum Gasteiger partial charge on any atom is -0.457 e. The van der Waals surface area contributed by atoms with E-state index in [0.29, 0.717) is 22.8 Å². The van der Waals surface area contributed by atoms with Crippen molar-refractivity contribution in [1.82, 2.24) is 5.32 Å². The molecule has 4 saturated carbocycles. The molecule has 160 valence electrons. The SMILES string of the molecule is CNC1CCC23CC24CCC2(C)C(C(=O)COC(C)=O)=CCC2C4CCC3C1C. The average Bonchev–Trinajstić information content (AvgIpc) is 3.22. The molecule has 4 nitrogen and oxygen atoms in total. The minimum absolute atomic E-state index is 0.0163. The highest BCUT2D eigenvalue weighted by atomic mass is 16.5. The van der Waals surface area contributed by atoms with Gasteiger partial charge in [-0.15, -0.1) is 0 Å². The standard InChI is InChI=1S/C25H37NO3/c1-15-17-5-7-19-18-6-8-20(22(28)13-29-16(2)27)23(18,3)11-12-25(19)14-24(17,25)10-9-21(15)26-4/h8,15,17-19,21,26H,5-7,9-14H2,1-4H3. The van der Waals surface area contributed by atoms with Crippen molar-refractivity contribution >= 4 is 11.8 Å². The first kappa shape index (κ1) is 19.8. The van der Waals surface area contributed by atoms with E-state index in [1.165, 1.54) is 45.4 Å². The second kappa shape index (κ2) is 6.42. The van der Waals surface area contributed by atoms with E-state index in [2.05, 4.69) is 32.3 Å². The lowest BCUT2D eigenvalue weighted by Gasteiger charge is -2.57. The Bertz CT molecular complexity index is 774. The number of esters is 1. The number of nitrogens with one attached hydrogen (secondary N) is 1. The lowest BCUT2D eigenvalue weighted by molar-refractivity contribution is -0.145. The lowest BCUT2D eigenvalue weighted by atomic mass is 9.48. The van der Waals surface area contributed by atoms with Crippen molar-refractivity contribution < 1.29 is 14.3 Å². The predicted molar refractivity (Wildman–Crippen MR) is 112 cm³/mol. The fraction of sp³-hybridized carbons (Fsp3) is 0.840. The predicted octanol–water partition coefficient (Wildman–Crippen LogP) is 4.29. The number of carbonyl (C=O) groups is 2. The van der Waals surface area contributed by atoms with E-state index in [9.17, 15) is 9.59 Å². The summed E-state index contributed by atoms with van der Waals surface area (Å²) in [5.41, 5.74) is 2.09. The molecule has 0 aromatic rings. The van der Waals surface area contributed by atoms with Crippen LogP contribution in [-0.2, 0) is 14.3 Å². The van der Waals surface area contributed by atoms with Gasteiger partial charge in [-0.25, -0.2) is 0 Å². The maximum absolute atomic E-state index is 12.8. The van der Waals surface area contributed by atoms with Crippen molar-refractivity contribution in [1.29, 1.82) is 0 Å². The lowest BCUT2D eigenvalue weighted by Crippen LogP contribution is -2.52. The van der Waals surface area contributed by atoms with Crippen LogP contribution in [0.3, 0.4) is 0 Å². The zero-order valence-corrected chi connectivity index (χ0v) is 18.6. The summed E-state index contributed by atoms with van der Waals surface area (Å²) < 4.78 is 5.04. The number of allylic oxidation sites excluding steroid dienone is 1. The van der Waals surface area contributed by atoms with Crippen LogP contribution in [-0.4, -0.2) is 31.4 Å². The molecule has 4 heteroatoms. The molecule has 29 heavy (non-hydrogen) atoms. The summed E-state index contributed by atoms with van der Waals surface area (Å²) in [5, 5.41) is 3.59. The Morgan fingerprint density at radius 2 is 1.83 bits per heavy atom. The molecule has 0 amide bonds. The Morgan fingerprint density at radius 1 is 1.10 bits per heavy atom. The van der Waals surface area contributed by atoms with E-state index in [1.807, 2.05) is 0 Å². The fourth-order valence-corrected chi connectivity index (χ4v) is 9.22. The molecular formula is C25H37NO3. The Balaban J connectivity index is 1.37. The van der Waals surface area contributed by atoms with Gasteiger partial charge in [0.1, 0.15) is 0 Å². The topological polar surface area (TPSA) is 55.4 Å².